The number of hydrogen-bond donors (Lipinski definition) is 2. The Kier molecular flexibility index (Phi) is 3.22. The molecule has 0 aliphatic rings. The second kappa shape index (κ2) is 4.46. The Morgan fingerprint density at radius 2 is 2.42 bits per heavy atom. The highest BCUT2D eigenvalue weighted by molar-refractivity contribution is 5.89. The fraction of sp³-hybridized carbons (Fsp3) is 0.250. The molecule has 0 fully saturated rings. The van der Waals surface area contributed by atoms with E-state index in [-0.39, 0.29) is 19.1 Å². The van der Waals surface area contributed by atoms with E-state index in [1.54, 1.807) is 24.4 Å². The van der Waals surface area contributed by atoms with Crippen LogP contribution in [0.25, 0.3) is 0 Å². The Hall–Kier alpha value is -1.42. The summed E-state index contributed by atoms with van der Waals surface area (Å²) in [4.78, 5) is 3.90. The molecular weight excluding hydrogens is 156 g/mol. The van der Waals surface area contributed by atoms with Gasteiger partial charge >= 0.3 is 0 Å². The van der Waals surface area contributed by atoms with Crippen LogP contribution in [0.1, 0.15) is 5.69 Å². The van der Waals surface area contributed by atoms with Crippen molar-refractivity contribution in [3.63, 3.8) is 0 Å². The number of ether oxygens (including phenoxy) is 1. The Morgan fingerprint density at radius 3 is 3.00 bits per heavy atom. The summed E-state index contributed by atoms with van der Waals surface area (Å²) in [5.74, 6) is -0.00958. The minimum atomic E-state index is -0.0881. The highest BCUT2D eigenvalue weighted by Gasteiger charge is 2.00. The molecule has 0 amide bonds. The standard InChI is InChI=1S/C8H10N2O2/c9-8(12-6-5-11)7-3-1-2-4-10-7/h1-4,9,11H,5-6H2. The van der Waals surface area contributed by atoms with Crippen LogP contribution in [0.3, 0.4) is 0 Å². The maximum atomic E-state index is 8.42. The van der Waals surface area contributed by atoms with Crippen molar-refractivity contribution in [2.24, 2.45) is 0 Å². The second-order valence-electron chi connectivity index (χ2n) is 2.12. The Balaban J connectivity index is 2.54. The van der Waals surface area contributed by atoms with Gasteiger partial charge in [0.05, 0.1) is 6.61 Å². The number of aliphatic hydroxyl groups is 1. The molecule has 0 saturated carbocycles. The smallest absolute Gasteiger partial charge is 0.232 e. The van der Waals surface area contributed by atoms with Crippen LogP contribution in [-0.4, -0.2) is 29.2 Å². The van der Waals surface area contributed by atoms with Gasteiger partial charge in [-0.15, -0.1) is 0 Å². The lowest BCUT2D eigenvalue weighted by Crippen LogP contribution is -2.09. The van der Waals surface area contributed by atoms with Crippen molar-refractivity contribution in [2.45, 2.75) is 0 Å². The molecule has 0 atom stereocenters. The number of hydrogen-bond acceptors (Lipinski definition) is 4. The molecule has 4 nitrogen and oxygen atoms in total. The van der Waals surface area contributed by atoms with Crippen molar-refractivity contribution >= 4 is 5.90 Å². The molecule has 0 aromatic carbocycles. The third-order valence-corrected chi connectivity index (χ3v) is 1.24. The number of nitrogens with one attached hydrogen (secondary N) is 1. The van der Waals surface area contributed by atoms with Gasteiger partial charge in [-0.3, -0.25) is 10.4 Å². The normalized spacial score (nSPS) is 9.42. The van der Waals surface area contributed by atoms with Gasteiger partial charge in [0, 0.05) is 6.20 Å². The van der Waals surface area contributed by atoms with E-state index in [0.29, 0.717) is 5.69 Å². The van der Waals surface area contributed by atoms with E-state index in [9.17, 15) is 0 Å². The van der Waals surface area contributed by atoms with Gasteiger partial charge in [0.15, 0.2) is 0 Å². The lowest BCUT2D eigenvalue weighted by Gasteiger charge is -2.03. The minimum absolute atomic E-state index is 0.00958. The molecule has 0 aliphatic heterocycles. The summed E-state index contributed by atoms with van der Waals surface area (Å²) < 4.78 is 4.85. The van der Waals surface area contributed by atoms with E-state index < -0.39 is 0 Å². The van der Waals surface area contributed by atoms with Crippen LogP contribution in [0.15, 0.2) is 24.4 Å². The van der Waals surface area contributed by atoms with E-state index in [2.05, 4.69) is 4.98 Å². The summed E-state index contributed by atoms with van der Waals surface area (Å²) in [6, 6.07) is 5.22. The minimum Gasteiger partial charge on any atom is -0.474 e. The second-order valence-corrected chi connectivity index (χ2v) is 2.12. The molecule has 0 aliphatic carbocycles. The van der Waals surface area contributed by atoms with E-state index in [0.717, 1.165) is 0 Å². The Bertz CT molecular complexity index is 248. The van der Waals surface area contributed by atoms with Crippen molar-refractivity contribution in [1.82, 2.24) is 4.98 Å². The first kappa shape index (κ1) is 8.67. The van der Waals surface area contributed by atoms with Gasteiger partial charge < -0.3 is 9.84 Å². The van der Waals surface area contributed by atoms with Crippen LogP contribution in [0.5, 0.6) is 0 Å². The highest BCUT2D eigenvalue weighted by Crippen LogP contribution is 1.95. The monoisotopic (exact) mass is 166 g/mol. The molecule has 1 aromatic rings. The average Bonchev–Trinajstić information content (AvgIpc) is 2.15. The molecule has 2 N–H and O–H groups in total. The van der Waals surface area contributed by atoms with E-state index >= 15 is 0 Å². The zero-order valence-corrected chi connectivity index (χ0v) is 6.53. The molecule has 0 unspecified atom stereocenters. The van der Waals surface area contributed by atoms with Gasteiger partial charge in [-0.2, -0.15) is 0 Å². The van der Waals surface area contributed by atoms with Crippen LogP contribution in [0, 0.1) is 5.41 Å². The number of nitrogens with zero attached hydrogens (tertiary/aromatic N) is 1. The van der Waals surface area contributed by atoms with Gasteiger partial charge in [0.1, 0.15) is 12.3 Å². The number of rotatable bonds is 3. The molecule has 1 aromatic heterocycles. The third-order valence-electron chi connectivity index (χ3n) is 1.24. The van der Waals surface area contributed by atoms with Crippen molar-refractivity contribution in [3.8, 4) is 0 Å². The number of aromatic nitrogens is 1. The first-order valence-electron chi connectivity index (χ1n) is 3.58. The number of pyridine rings is 1. The average molecular weight is 166 g/mol. The third kappa shape index (κ3) is 2.32. The van der Waals surface area contributed by atoms with Crippen molar-refractivity contribution in [2.75, 3.05) is 13.2 Å². The van der Waals surface area contributed by atoms with Crippen LogP contribution in [0.2, 0.25) is 0 Å². The molecule has 0 radical (unpaired) electrons. The van der Waals surface area contributed by atoms with Crippen LogP contribution in [-0.2, 0) is 4.74 Å². The van der Waals surface area contributed by atoms with Gasteiger partial charge in [-0.1, -0.05) is 6.07 Å². The summed E-state index contributed by atoms with van der Waals surface area (Å²) in [5.41, 5.74) is 0.478. The fourth-order valence-electron chi connectivity index (χ4n) is 0.719. The maximum Gasteiger partial charge on any atom is 0.232 e. The molecule has 0 saturated heterocycles. The highest BCUT2D eigenvalue weighted by atomic mass is 16.5. The van der Waals surface area contributed by atoms with E-state index in [1.807, 2.05) is 0 Å². The SMILES string of the molecule is N=C(OCCO)c1ccccn1. The van der Waals surface area contributed by atoms with E-state index in [4.69, 9.17) is 15.3 Å². The maximum absolute atomic E-state index is 8.42. The quantitative estimate of drug-likeness (QED) is 0.505. The molecule has 64 valence electrons. The zero-order valence-electron chi connectivity index (χ0n) is 6.53. The summed E-state index contributed by atoms with van der Waals surface area (Å²) in [6.45, 7) is 0.0463. The van der Waals surface area contributed by atoms with Gasteiger partial charge in [-0.05, 0) is 12.1 Å². The molecule has 0 spiro atoms. The van der Waals surface area contributed by atoms with Crippen LogP contribution < -0.4 is 0 Å². The Labute approximate surface area is 70.3 Å². The predicted octanol–water partition coefficient (Wildman–Crippen LogP) is 0.416. The van der Waals surface area contributed by atoms with Crippen molar-refractivity contribution in [1.29, 1.82) is 5.41 Å². The van der Waals surface area contributed by atoms with Crippen molar-refractivity contribution < 1.29 is 9.84 Å². The zero-order chi connectivity index (χ0) is 8.81. The van der Waals surface area contributed by atoms with Crippen LogP contribution in [0.4, 0.5) is 0 Å². The summed E-state index contributed by atoms with van der Waals surface area (Å²) >= 11 is 0. The molecule has 1 rings (SSSR count). The number of aliphatic hydroxyl groups excluding tert-OH is 1. The molecule has 4 heteroatoms. The van der Waals surface area contributed by atoms with Crippen molar-refractivity contribution in [3.05, 3.63) is 30.1 Å². The first-order valence-corrected chi connectivity index (χ1v) is 3.58. The fourth-order valence-corrected chi connectivity index (χ4v) is 0.719. The molecular formula is C8H10N2O2. The molecule has 1 heterocycles. The molecule has 0 bridgehead atoms. The lowest BCUT2D eigenvalue weighted by atomic mass is 10.3. The summed E-state index contributed by atoms with van der Waals surface area (Å²) in [5, 5.41) is 15.8. The largest absolute Gasteiger partial charge is 0.474 e. The van der Waals surface area contributed by atoms with Gasteiger partial charge in [-0.25, -0.2) is 0 Å². The van der Waals surface area contributed by atoms with Gasteiger partial charge in [0.25, 0.3) is 0 Å². The summed E-state index contributed by atoms with van der Waals surface area (Å²) in [6.07, 6.45) is 1.59. The topological polar surface area (TPSA) is 66.2 Å². The molecule has 12 heavy (non-hydrogen) atoms. The van der Waals surface area contributed by atoms with E-state index in [1.165, 1.54) is 0 Å². The predicted molar refractivity (Wildman–Crippen MR) is 44.1 cm³/mol. The lowest BCUT2D eigenvalue weighted by molar-refractivity contribution is 0.193. The first-order chi connectivity index (χ1) is 5.84. The Morgan fingerprint density at radius 1 is 1.58 bits per heavy atom. The van der Waals surface area contributed by atoms with Gasteiger partial charge in [0.2, 0.25) is 5.90 Å². The van der Waals surface area contributed by atoms with Crippen LogP contribution >= 0.6 is 0 Å². The summed E-state index contributed by atoms with van der Waals surface area (Å²) in [7, 11) is 0.